The number of aromatic nitrogens is 1. The van der Waals surface area contributed by atoms with Gasteiger partial charge in [0, 0.05) is 12.6 Å². The van der Waals surface area contributed by atoms with Gasteiger partial charge in [0.25, 0.3) is 5.69 Å². The van der Waals surface area contributed by atoms with E-state index in [4.69, 9.17) is 5.73 Å². The van der Waals surface area contributed by atoms with Crippen molar-refractivity contribution in [2.75, 3.05) is 11.9 Å². The second-order valence-electron chi connectivity index (χ2n) is 4.26. The van der Waals surface area contributed by atoms with Gasteiger partial charge in [-0.15, -0.1) is 0 Å². The number of nitro groups is 1. The fourth-order valence-electron chi connectivity index (χ4n) is 0.997. The van der Waals surface area contributed by atoms with Crippen LogP contribution in [0.2, 0.25) is 0 Å². The van der Waals surface area contributed by atoms with Crippen molar-refractivity contribution in [3.05, 3.63) is 28.4 Å². The third kappa shape index (κ3) is 3.40. The maximum atomic E-state index is 11.1. The fraction of sp³-hybridized carbons (Fsp3) is 0.400. The fourth-order valence-corrected chi connectivity index (χ4v) is 0.997. The summed E-state index contributed by atoms with van der Waals surface area (Å²) >= 11 is 0. The minimum atomic E-state index is -0.705. The predicted octanol–water partition coefficient (Wildman–Crippen LogP) is 0.913. The number of primary amides is 1. The van der Waals surface area contributed by atoms with Crippen molar-refractivity contribution in [3.63, 3.8) is 0 Å². The van der Waals surface area contributed by atoms with Gasteiger partial charge in [-0.3, -0.25) is 14.9 Å². The monoisotopic (exact) mass is 238 g/mol. The highest BCUT2D eigenvalue weighted by Gasteiger charge is 2.24. The number of nitrogens with one attached hydrogen (secondary N) is 1. The summed E-state index contributed by atoms with van der Waals surface area (Å²) in [5.41, 5.74) is 4.43. The van der Waals surface area contributed by atoms with E-state index >= 15 is 0 Å². The Kier molecular flexibility index (Phi) is 3.62. The molecule has 0 fully saturated rings. The number of hydrogen-bond donors (Lipinski definition) is 2. The first-order chi connectivity index (χ1) is 7.83. The predicted molar refractivity (Wildman–Crippen MR) is 62.4 cm³/mol. The van der Waals surface area contributed by atoms with Crippen LogP contribution in [0, 0.1) is 15.5 Å². The molecule has 7 heteroatoms. The van der Waals surface area contributed by atoms with Crippen LogP contribution >= 0.6 is 0 Å². The number of carbonyl (C=O) groups is 1. The zero-order valence-corrected chi connectivity index (χ0v) is 9.64. The van der Waals surface area contributed by atoms with Crippen molar-refractivity contribution in [3.8, 4) is 0 Å². The van der Waals surface area contributed by atoms with Gasteiger partial charge in [-0.1, -0.05) is 0 Å². The number of hydrogen-bond acceptors (Lipinski definition) is 5. The maximum absolute atomic E-state index is 11.1. The lowest BCUT2D eigenvalue weighted by atomic mass is 9.93. The van der Waals surface area contributed by atoms with Crippen molar-refractivity contribution in [1.82, 2.24) is 4.98 Å². The molecule has 0 aliphatic carbocycles. The Bertz CT molecular complexity index is 428. The number of anilines is 1. The minimum Gasteiger partial charge on any atom is -0.369 e. The van der Waals surface area contributed by atoms with Crippen LogP contribution in [0.3, 0.4) is 0 Å². The highest BCUT2D eigenvalue weighted by atomic mass is 16.6. The molecule has 17 heavy (non-hydrogen) atoms. The lowest BCUT2D eigenvalue weighted by Gasteiger charge is -2.20. The van der Waals surface area contributed by atoms with Gasteiger partial charge in [-0.05, 0) is 19.9 Å². The molecule has 0 aromatic carbocycles. The average molecular weight is 238 g/mol. The topological polar surface area (TPSA) is 111 Å². The van der Waals surface area contributed by atoms with Crippen LogP contribution < -0.4 is 11.1 Å². The molecule has 0 radical (unpaired) electrons. The Morgan fingerprint density at radius 1 is 1.59 bits per heavy atom. The van der Waals surface area contributed by atoms with E-state index in [9.17, 15) is 14.9 Å². The Balaban J connectivity index is 2.65. The van der Waals surface area contributed by atoms with Crippen molar-refractivity contribution < 1.29 is 9.72 Å². The minimum absolute atomic E-state index is 0.0790. The first kappa shape index (κ1) is 12.9. The summed E-state index contributed by atoms with van der Waals surface area (Å²) in [5.74, 6) is 0.0387. The SMILES string of the molecule is CC(C)(CNc1ccc([N+](=O)[O-])cn1)C(N)=O. The normalized spacial score (nSPS) is 10.9. The maximum Gasteiger partial charge on any atom is 0.287 e. The summed E-state index contributed by atoms with van der Waals surface area (Å²) < 4.78 is 0. The summed E-state index contributed by atoms with van der Waals surface area (Å²) in [4.78, 5) is 24.8. The molecule has 1 aromatic rings. The lowest BCUT2D eigenvalue weighted by Crippen LogP contribution is -2.37. The van der Waals surface area contributed by atoms with Crippen molar-refractivity contribution in [2.24, 2.45) is 11.1 Å². The van der Waals surface area contributed by atoms with E-state index in [1.165, 1.54) is 12.1 Å². The summed E-state index contributed by atoms with van der Waals surface area (Å²) in [6.45, 7) is 3.72. The Morgan fingerprint density at radius 3 is 2.65 bits per heavy atom. The Morgan fingerprint density at radius 2 is 2.24 bits per heavy atom. The molecular formula is C10H14N4O3. The number of rotatable bonds is 5. The van der Waals surface area contributed by atoms with Gasteiger partial charge in [0.2, 0.25) is 5.91 Å². The lowest BCUT2D eigenvalue weighted by molar-refractivity contribution is -0.385. The molecule has 0 bridgehead atoms. The first-order valence-electron chi connectivity index (χ1n) is 4.97. The van der Waals surface area contributed by atoms with E-state index in [1.807, 2.05) is 0 Å². The second kappa shape index (κ2) is 4.77. The first-order valence-corrected chi connectivity index (χ1v) is 4.97. The summed E-state index contributed by atoms with van der Waals surface area (Å²) in [6, 6.07) is 2.82. The number of nitrogens with zero attached hydrogens (tertiary/aromatic N) is 2. The van der Waals surface area contributed by atoms with E-state index in [1.54, 1.807) is 13.8 Å². The van der Waals surface area contributed by atoms with Gasteiger partial charge >= 0.3 is 0 Å². The van der Waals surface area contributed by atoms with Crippen LogP contribution in [0.5, 0.6) is 0 Å². The molecule has 0 unspecified atom stereocenters. The molecule has 1 amide bonds. The quantitative estimate of drug-likeness (QED) is 0.585. The van der Waals surface area contributed by atoms with Gasteiger partial charge in [-0.2, -0.15) is 0 Å². The average Bonchev–Trinajstić information content (AvgIpc) is 2.27. The molecule has 1 rings (SSSR count). The molecule has 0 aliphatic heterocycles. The standard InChI is InChI=1S/C10H14N4O3/c1-10(2,9(11)15)6-13-8-4-3-7(5-12-8)14(16)17/h3-5H,6H2,1-2H3,(H2,11,15)(H,12,13). The molecule has 1 aromatic heterocycles. The molecule has 0 aliphatic rings. The molecule has 0 spiro atoms. The van der Waals surface area contributed by atoms with Gasteiger partial charge in [0.15, 0.2) is 0 Å². The van der Waals surface area contributed by atoms with E-state index in [2.05, 4.69) is 10.3 Å². The Hall–Kier alpha value is -2.18. The van der Waals surface area contributed by atoms with Crippen LogP contribution in [-0.4, -0.2) is 22.4 Å². The van der Waals surface area contributed by atoms with Gasteiger partial charge in [-0.25, -0.2) is 4.98 Å². The molecule has 3 N–H and O–H groups in total. The highest BCUT2D eigenvalue weighted by molar-refractivity contribution is 5.80. The zero-order chi connectivity index (χ0) is 13.1. The van der Waals surface area contributed by atoms with Crippen LogP contribution in [0.15, 0.2) is 18.3 Å². The highest BCUT2D eigenvalue weighted by Crippen LogP contribution is 2.16. The van der Waals surface area contributed by atoms with Crippen molar-refractivity contribution in [1.29, 1.82) is 0 Å². The van der Waals surface area contributed by atoms with E-state index in [0.717, 1.165) is 6.20 Å². The van der Waals surface area contributed by atoms with Crippen LogP contribution in [0.25, 0.3) is 0 Å². The Labute approximate surface area is 98.2 Å². The van der Waals surface area contributed by atoms with Crippen molar-refractivity contribution >= 4 is 17.4 Å². The summed E-state index contributed by atoms with van der Waals surface area (Å²) in [5, 5.41) is 13.3. The summed E-state index contributed by atoms with van der Waals surface area (Å²) in [6.07, 6.45) is 1.15. The largest absolute Gasteiger partial charge is 0.369 e. The van der Waals surface area contributed by atoms with Gasteiger partial charge in [0.05, 0.1) is 10.3 Å². The van der Waals surface area contributed by atoms with Crippen LogP contribution in [-0.2, 0) is 4.79 Å². The third-order valence-corrected chi connectivity index (χ3v) is 2.34. The van der Waals surface area contributed by atoms with Crippen LogP contribution in [0.1, 0.15) is 13.8 Å². The smallest absolute Gasteiger partial charge is 0.287 e. The molecule has 7 nitrogen and oxygen atoms in total. The summed E-state index contributed by atoms with van der Waals surface area (Å²) in [7, 11) is 0. The number of pyridine rings is 1. The molecular weight excluding hydrogens is 224 g/mol. The van der Waals surface area contributed by atoms with Gasteiger partial charge in [0.1, 0.15) is 12.0 Å². The number of nitrogens with two attached hydrogens (primary N) is 1. The number of carbonyl (C=O) groups excluding carboxylic acids is 1. The number of amides is 1. The molecule has 0 saturated carbocycles. The van der Waals surface area contributed by atoms with Gasteiger partial charge < -0.3 is 11.1 Å². The second-order valence-corrected chi connectivity index (χ2v) is 4.26. The molecule has 92 valence electrons. The van der Waals surface area contributed by atoms with E-state index in [-0.39, 0.29) is 5.69 Å². The molecule has 1 heterocycles. The molecule has 0 saturated heterocycles. The van der Waals surface area contributed by atoms with E-state index < -0.39 is 16.2 Å². The van der Waals surface area contributed by atoms with Crippen molar-refractivity contribution in [2.45, 2.75) is 13.8 Å². The van der Waals surface area contributed by atoms with Crippen LogP contribution in [0.4, 0.5) is 11.5 Å². The molecule has 0 atom stereocenters. The van der Waals surface area contributed by atoms with E-state index in [0.29, 0.717) is 12.4 Å². The zero-order valence-electron chi connectivity index (χ0n) is 9.64. The third-order valence-electron chi connectivity index (χ3n) is 2.34.